The number of nitrogens with zero attached hydrogens (tertiary/aromatic N) is 2. The van der Waals surface area contributed by atoms with Crippen LogP contribution in [0, 0.1) is 11.8 Å². The van der Waals surface area contributed by atoms with E-state index in [2.05, 4.69) is 10.3 Å². The van der Waals surface area contributed by atoms with E-state index in [1.165, 1.54) is 11.1 Å². The maximum atomic E-state index is 13.6. The molecule has 0 aromatic carbocycles. The Morgan fingerprint density at radius 1 is 1.26 bits per heavy atom. The number of hydrogen-bond acceptors (Lipinski definition) is 10. The molecule has 3 aliphatic rings. The summed E-state index contributed by atoms with van der Waals surface area (Å²) in [6, 6.07) is -1.06. The number of aliphatic hydroxyl groups excluding tert-OH is 2. The second kappa shape index (κ2) is 9.37. The monoisotopic (exact) mass is 526 g/mol. The molecule has 3 aliphatic carbocycles. The standard InChI is InChI=1S/C26H30N4O8/c1-5-10(2)6-14(31)29-25-21(34)15-12(9-28-25)7-11-8-13-18(30(3)4)20(33)17(24(27)37)23(36)26(13,38)22(35)16(11)19(15)32/h5,9,11,13,18,33-35,38H,6-8H2,1-4H3,(H2,27,37)(H,28,29,31)/b10-5-/t11-,13-,18-,26-/m0/s1. The maximum absolute atomic E-state index is 13.6. The molecule has 1 aromatic rings. The lowest BCUT2D eigenvalue weighted by Crippen LogP contribution is -2.63. The van der Waals surface area contributed by atoms with E-state index in [9.17, 15) is 39.6 Å². The van der Waals surface area contributed by atoms with Gasteiger partial charge in [-0.2, -0.15) is 0 Å². The number of nitrogens with one attached hydrogen (secondary N) is 1. The number of ketones is 2. The Kier molecular flexibility index (Phi) is 6.66. The van der Waals surface area contributed by atoms with Gasteiger partial charge in [-0.3, -0.25) is 24.1 Å². The number of anilines is 1. The number of allylic oxidation sites excluding steroid dienone is 2. The van der Waals surface area contributed by atoms with Gasteiger partial charge in [0.25, 0.3) is 5.91 Å². The normalized spacial score (nSPS) is 27.2. The second-order valence-electron chi connectivity index (χ2n) is 10.2. The van der Waals surface area contributed by atoms with Crippen LogP contribution in [0.1, 0.15) is 42.6 Å². The fraction of sp³-hybridized carbons (Fsp3) is 0.423. The molecule has 12 nitrogen and oxygen atoms in total. The lowest BCUT2D eigenvalue weighted by Gasteiger charge is -2.50. The number of rotatable bonds is 5. The average Bonchev–Trinajstić information content (AvgIpc) is 2.82. The highest BCUT2D eigenvalue weighted by Gasteiger charge is 2.63. The second-order valence-corrected chi connectivity index (χ2v) is 10.2. The summed E-state index contributed by atoms with van der Waals surface area (Å²) in [6.45, 7) is 3.53. The van der Waals surface area contributed by atoms with Crippen molar-refractivity contribution in [2.45, 2.75) is 44.8 Å². The first-order valence-corrected chi connectivity index (χ1v) is 12.0. The van der Waals surface area contributed by atoms with Gasteiger partial charge in [0.15, 0.2) is 23.0 Å². The summed E-state index contributed by atoms with van der Waals surface area (Å²) in [5.41, 5.74) is 2.37. The first kappa shape index (κ1) is 27.0. The van der Waals surface area contributed by atoms with E-state index in [1.54, 1.807) is 34.0 Å². The molecule has 0 saturated carbocycles. The van der Waals surface area contributed by atoms with Crippen molar-refractivity contribution in [1.82, 2.24) is 9.88 Å². The minimum absolute atomic E-state index is 0.0202. The fourth-order valence-electron chi connectivity index (χ4n) is 5.74. The molecule has 0 fully saturated rings. The highest BCUT2D eigenvalue weighted by atomic mass is 16.3. The van der Waals surface area contributed by atoms with Crippen molar-refractivity contribution in [1.29, 1.82) is 0 Å². The number of Topliss-reactive ketones (excluding diaryl/α,β-unsaturated/α-hetero) is 2. The number of aromatic hydroxyl groups is 1. The number of primary amides is 1. The molecular formula is C26H30N4O8. The highest BCUT2D eigenvalue weighted by molar-refractivity contribution is 6.24. The molecule has 0 aliphatic heterocycles. The van der Waals surface area contributed by atoms with Gasteiger partial charge in [0.05, 0.1) is 11.6 Å². The van der Waals surface area contributed by atoms with Crippen molar-refractivity contribution in [2.24, 2.45) is 17.6 Å². The summed E-state index contributed by atoms with van der Waals surface area (Å²) in [7, 11) is 3.12. The third-order valence-electron chi connectivity index (χ3n) is 7.65. The van der Waals surface area contributed by atoms with E-state index < -0.39 is 69.7 Å². The summed E-state index contributed by atoms with van der Waals surface area (Å²) in [5, 5.41) is 47.0. The van der Waals surface area contributed by atoms with Crippen LogP contribution in [-0.4, -0.2) is 79.4 Å². The lowest BCUT2D eigenvalue weighted by atomic mass is 9.58. The van der Waals surface area contributed by atoms with Crippen LogP contribution >= 0.6 is 0 Å². The SMILES string of the molecule is C/C=C(/C)CC(=O)Nc1ncc2c(c1O)C(=O)C1=C(O)[C@]3(O)C(=O)C(C(N)=O)=C(O)[C@@H](N(C)C)[C@@H]3C[C@@H]1C2. The van der Waals surface area contributed by atoms with Gasteiger partial charge in [-0.1, -0.05) is 11.6 Å². The van der Waals surface area contributed by atoms with Crippen LogP contribution in [-0.2, 0) is 20.8 Å². The van der Waals surface area contributed by atoms with Crippen LogP contribution in [0.4, 0.5) is 5.82 Å². The largest absolute Gasteiger partial charge is 0.510 e. The molecular weight excluding hydrogens is 496 g/mol. The third-order valence-corrected chi connectivity index (χ3v) is 7.65. The smallest absolute Gasteiger partial charge is 0.255 e. The van der Waals surface area contributed by atoms with Crippen molar-refractivity contribution in [2.75, 3.05) is 19.4 Å². The molecule has 1 aromatic heterocycles. The highest BCUT2D eigenvalue weighted by Crippen LogP contribution is 2.52. The number of carbonyl (C=O) groups excluding carboxylic acids is 4. The average molecular weight is 527 g/mol. The summed E-state index contributed by atoms with van der Waals surface area (Å²) in [4.78, 5) is 56.9. The molecule has 7 N–H and O–H groups in total. The predicted octanol–water partition coefficient (Wildman–Crippen LogP) is 0.810. The Bertz CT molecular complexity index is 1380. The number of carbonyl (C=O) groups is 4. The van der Waals surface area contributed by atoms with E-state index in [0.717, 1.165) is 5.57 Å². The molecule has 0 spiro atoms. The van der Waals surface area contributed by atoms with Crippen LogP contribution in [0.25, 0.3) is 0 Å². The summed E-state index contributed by atoms with van der Waals surface area (Å²) in [6.07, 6.45) is 3.24. The number of pyridine rings is 1. The molecule has 12 heteroatoms. The van der Waals surface area contributed by atoms with Gasteiger partial charge in [0.1, 0.15) is 17.1 Å². The Balaban J connectivity index is 1.82. The molecule has 0 saturated heterocycles. The Labute approximate surface area is 218 Å². The van der Waals surface area contributed by atoms with E-state index >= 15 is 0 Å². The molecule has 0 bridgehead atoms. The van der Waals surface area contributed by atoms with Crippen molar-refractivity contribution >= 4 is 29.2 Å². The van der Waals surface area contributed by atoms with Gasteiger partial charge in [0.2, 0.25) is 11.7 Å². The first-order chi connectivity index (χ1) is 17.7. The van der Waals surface area contributed by atoms with Crippen LogP contribution in [0.3, 0.4) is 0 Å². The van der Waals surface area contributed by atoms with E-state index in [1.807, 2.05) is 0 Å². The minimum atomic E-state index is -2.71. The van der Waals surface area contributed by atoms with Crippen LogP contribution in [0.2, 0.25) is 0 Å². The van der Waals surface area contributed by atoms with E-state index in [0.29, 0.717) is 5.56 Å². The zero-order valence-electron chi connectivity index (χ0n) is 21.4. The van der Waals surface area contributed by atoms with Gasteiger partial charge >= 0.3 is 0 Å². The summed E-state index contributed by atoms with van der Waals surface area (Å²) >= 11 is 0. The Morgan fingerprint density at radius 2 is 1.92 bits per heavy atom. The van der Waals surface area contributed by atoms with Crippen LogP contribution in [0.15, 0.2) is 40.5 Å². The summed E-state index contributed by atoms with van der Waals surface area (Å²) in [5.74, 6) is -8.16. The van der Waals surface area contributed by atoms with Crippen molar-refractivity contribution in [3.8, 4) is 5.75 Å². The molecule has 4 atom stereocenters. The Morgan fingerprint density at radius 3 is 2.50 bits per heavy atom. The number of amides is 2. The van der Waals surface area contributed by atoms with Gasteiger partial charge in [-0.05, 0) is 52.3 Å². The molecule has 0 unspecified atom stereocenters. The topological polar surface area (TPSA) is 203 Å². The molecule has 38 heavy (non-hydrogen) atoms. The Hall–Kier alpha value is -4.03. The molecule has 1 heterocycles. The van der Waals surface area contributed by atoms with Gasteiger partial charge in [-0.25, -0.2) is 4.98 Å². The molecule has 202 valence electrons. The number of fused-ring (bicyclic) bond motifs is 3. The number of aromatic nitrogens is 1. The molecule has 0 radical (unpaired) electrons. The van der Waals surface area contributed by atoms with Gasteiger partial charge < -0.3 is 31.5 Å². The van der Waals surface area contributed by atoms with Crippen molar-refractivity contribution in [3.63, 3.8) is 0 Å². The quantitative estimate of drug-likeness (QED) is 0.235. The molecule has 4 rings (SSSR count). The third kappa shape index (κ3) is 3.87. The van der Waals surface area contributed by atoms with E-state index in [4.69, 9.17) is 5.73 Å². The first-order valence-electron chi connectivity index (χ1n) is 12.0. The van der Waals surface area contributed by atoms with Crippen molar-refractivity contribution in [3.05, 3.63) is 51.6 Å². The zero-order valence-corrected chi connectivity index (χ0v) is 21.4. The van der Waals surface area contributed by atoms with Crippen molar-refractivity contribution < 1.29 is 39.6 Å². The fourth-order valence-corrected chi connectivity index (χ4v) is 5.74. The minimum Gasteiger partial charge on any atom is -0.510 e. The van der Waals surface area contributed by atoms with Crippen LogP contribution < -0.4 is 11.1 Å². The number of hydrogen-bond donors (Lipinski definition) is 6. The molecule has 2 amide bonds. The number of likely N-dealkylation sites (N-methyl/N-ethyl adjacent to an activating group) is 1. The summed E-state index contributed by atoms with van der Waals surface area (Å²) < 4.78 is 0. The van der Waals surface area contributed by atoms with E-state index in [-0.39, 0.29) is 36.2 Å². The van der Waals surface area contributed by atoms with Gasteiger partial charge in [-0.15, -0.1) is 0 Å². The number of nitrogens with two attached hydrogens (primary N) is 1. The lowest BCUT2D eigenvalue weighted by molar-refractivity contribution is -0.148. The van der Waals surface area contributed by atoms with Gasteiger partial charge in [0, 0.05) is 24.1 Å². The number of aliphatic hydroxyl groups is 3. The predicted molar refractivity (Wildman–Crippen MR) is 134 cm³/mol. The maximum Gasteiger partial charge on any atom is 0.255 e. The van der Waals surface area contributed by atoms with Crippen LogP contribution in [0.5, 0.6) is 5.75 Å². The zero-order chi connectivity index (χ0) is 28.3.